The van der Waals surface area contributed by atoms with Crippen molar-refractivity contribution in [2.75, 3.05) is 0 Å². The van der Waals surface area contributed by atoms with E-state index < -0.39 is 0 Å². The molecule has 0 saturated heterocycles. The number of hydrogen-bond donors (Lipinski definition) is 0. The molecule has 0 heteroatoms. The molecule has 0 N–H and O–H groups in total. The van der Waals surface area contributed by atoms with Gasteiger partial charge in [-0.05, 0) is 51.5 Å². The number of rotatable bonds is 2. The van der Waals surface area contributed by atoms with Gasteiger partial charge in [0.25, 0.3) is 0 Å². The van der Waals surface area contributed by atoms with Crippen LogP contribution >= 0.6 is 0 Å². The van der Waals surface area contributed by atoms with Gasteiger partial charge < -0.3 is 0 Å². The summed E-state index contributed by atoms with van der Waals surface area (Å²) >= 11 is 0. The molecule has 27 heavy (non-hydrogen) atoms. The van der Waals surface area contributed by atoms with Crippen molar-refractivity contribution in [2.45, 2.75) is 12.8 Å². The van der Waals surface area contributed by atoms with Crippen molar-refractivity contribution in [3.05, 3.63) is 119 Å². The highest BCUT2D eigenvalue weighted by atomic mass is 14.7. The fourth-order valence-electron chi connectivity index (χ4n) is 5.69. The van der Waals surface area contributed by atoms with E-state index in [2.05, 4.69) is 97.1 Å². The minimum atomic E-state index is 0.127. The minimum Gasteiger partial charge on any atom is -0.0842 e. The largest absolute Gasteiger partial charge is 0.0842 e. The summed E-state index contributed by atoms with van der Waals surface area (Å²) in [6.45, 7) is 0. The Balaban J connectivity index is 1.76. The molecule has 4 aliphatic rings. The van der Waals surface area contributed by atoms with E-state index in [1.807, 2.05) is 0 Å². The van der Waals surface area contributed by atoms with Crippen LogP contribution in [0.3, 0.4) is 0 Å². The number of hydrogen-bond acceptors (Lipinski definition) is 0. The third kappa shape index (κ3) is 1.99. The molecule has 3 atom stereocenters. The van der Waals surface area contributed by atoms with Crippen molar-refractivity contribution in [3.8, 4) is 0 Å². The van der Waals surface area contributed by atoms with Crippen molar-refractivity contribution in [3.63, 3.8) is 0 Å². The second kappa shape index (κ2) is 5.57. The highest BCUT2D eigenvalue weighted by Crippen LogP contribution is 2.72. The van der Waals surface area contributed by atoms with E-state index in [-0.39, 0.29) is 5.41 Å². The standard InChI is InChI=1S/C27H22/c1-3-11-19(12-4-1)24-21-15-7-8-16-22(21)25(20-13-5-2-6-14-20)27-18-10-9-17-23(27)26(24)27/h1-3,5-11,13-18,23,26H,4,12H2. The van der Waals surface area contributed by atoms with Gasteiger partial charge >= 0.3 is 0 Å². The van der Waals surface area contributed by atoms with Crippen LogP contribution < -0.4 is 10.4 Å². The molecular weight excluding hydrogens is 324 g/mol. The van der Waals surface area contributed by atoms with E-state index in [1.54, 1.807) is 5.57 Å². The van der Waals surface area contributed by atoms with E-state index in [0.717, 1.165) is 12.8 Å². The van der Waals surface area contributed by atoms with Crippen LogP contribution in [0.25, 0.3) is 11.1 Å². The first-order valence-corrected chi connectivity index (χ1v) is 10.0. The predicted octanol–water partition coefficient (Wildman–Crippen LogP) is 4.68. The first-order valence-electron chi connectivity index (χ1n) is 10.0. The molecule has 4 aliphatic carbocycles. The molecule has 2 aromatic rings. The zero-order chi connectivity index (χ0) is 17.8. The molecule has 0 bridgehead atoms. The molecule has 6 rings (SSSR count). The molecule has 1 spiro atoms. The molecule has 1 saturated carbocycles. The highest BCUT2D eigenvalue weighted by molar-refractivity contribution is 5.88. The second-order valence-corrected chi connectivity index (χ2v) is 8.04. The molecule has 0 amide bonds. The van der Waals surface area contributed by atoms with Crippen molar-refractivity contribution < 1.29 is 0 Å². The first-order chi connectivity index (χ1) is 13.4. The molecular formula is C27H22. The maximum absolute atomic E-state index is 2.49. The first kappa shape index (κ1) is 15.2. The lowest BCUT2D eigenvalue weighted by Gasteiger charge is -2.26. The zero-order valence-corrected chi connectivity index (χ0v) is 15.3. The summed E-state index contributed by atoms with van der Waals surface area (Å²) in [5, 5.41) is 2.87. The van der Waals surface area contributed by atoms with E-state index in [9.17, 15) is 0 Å². The Hall–Kier alpha value is -2.86. The second-order valence-electron chi connectivity index (χ2n) is 8.04. The fraction of sp³-hybridized carbons (Fsp3) is 0.185. The molecule has 0 aromatic heterocycles. The normalized spacial score (nSPS) is 29.7. The average molecular weight is 346 g/mol. The molecule has 0 radical (unpaired) electrons. The van der Waals surface area contributed by atoms with Gasteiger partial charge in [-0.1, -0.05) is 97.1 Å². The van der Waals surface area contributed by atoms with Gasteiger partial charge in [0.05, 0.1) is 0 Å². The van der Waals surface area contributed by atoms with Crippen molar-refractivity contribution in [2.24, 2.45) is 17.3 Å². The number of allylic oxidation sites excluding steroid dienone is 8. The van der Waals surface area contributed by atoms with Crippen LogP contribution in [0, 0.1) is 17.3 Å². The Morgan fingerprint density at radius 1 is 0.815 bits per heavy atom. The van der Waals surface area contributed by atoms with Gasteiger partial charge in [-0.25, -0.2) is 0 Å². The van der Waals surface area contributed by atoms with Crippen LogP contribution in [0.2, 0.25) is 0 Å². The smallest absolute Gasteiger partial charge is 0.0291 e. The monoisotopic (exact) mass is 346 g/mol. The topological polar surface area (TPSA) is 0 Å². The van der Waals surface area contributed by atoms with Crippen LogP contribution in [0.5, 0.6) is 0 Å². The molecule has 3 unspecified atom stereocenters. The minimum absolute atomic E-state index is 0.127. The lowest BCUT2D eigenvalue weighted by molar-refractivity contribution is 0.772. The van der Waals surface area contributed by atoms with Gasteiger partial charge in [-0.3, -0.25) is 0 Å². The lowest BCUT2D eigenvalue weighted by Crippen LogP contribution is -2.37. The maximum Gasteiger partial charge on any atom is 0.0291 e. The van der Waals surface area contributed by atoms with Gasteiger partial charge in [0, 0.05) is 11.3 Å². The number of fused-ring (bicyclic) bond motifs is 2. The SMILES string of the molecule is C1=CCCC(C2=c3ccccc3=C(c3ccccc3)C34C=CC=CC3C24)=C1. The predicted molar refractivity (Wildman–Crippen MR) is 112 cm³/mol. The van der Waals surface area contributed by atoms with Crippen molar-refractivity contribution in [1.29, 1.82) is 0 Å². The average Bonchev–Trinajstić information content (AvgIpc) is 3.42. The highest BCUT2D eigenvalue weighted by Gasteiger charge is 2.67. The lowest BCUT2D eigenvalue weighted by atomic mass is 9.77. The Bertz CT molecular complexity index is 1170. The Morgan fingerprint density at radius 3 is 2.44 bits per heavy atom. The number of benzene rings is 2. The maximum atomic E-state index is 2.49. The van der Waals surface area contributed by atoms with Crippen molar-refractivity contribution >= 4 is 11.1 Å². The Kier molecular flexibility index (Phi) is 3.14. The Morgan fingerprint density at radius 2 is 1.63 bits per heavy atom. The van der Waals surface area contributed by atoms with Gasteiger partial charge in [0.2, 0.25) is 0 Å². The van der Waals surface area contributed by atoms with Crippen LogP contribution in [0.1, 0.15) is 18.4 Å². The van der Waals surface area contributed by atoms with Gasteiger partial charge in [0.1, 0.15) is 0 Å². The summed E-state index contributed by atoms with van der Waals surface area (Å²) in [6.07, 6.45) is 18.6. The molecule has 0 nitrogen and oxygen atoms in total. The van der Waals surface area contributed by atoms with E-state index in [0.29, 0.717) is 11.8 Å². The summed E-state index contributed by atoms with van der Waals surface area (Å²) in [4.78, 5) is 0. The molecule has 2 aromatic carbocycles. The quantitative estimate of drug-likeness (QED) is 0.740. The third-order valence-electron chi connectivity index (χ3n) is 6.77. The molecule has 1 fully saturated rings. The molecule has 0 heterocycles. The summed E-state index contributed by atoms with van der Waals surface area (Å²) in [5.41, 5.74) is 6.15. The summed E-state index contributed by atoms with van der Waals surface area (Å²) in [6, 6.07) is 20.1. The van der Waals surface area contributed by atoms with Crippen LogP contribution in [-0.2, 0) is 0 Å². The van der Waals surface area contributed by atoms with Crippen LogP contribution in [-0.4, -0.2) is 0 Å². The van der Waals surface area contributed by atoms with Crippen LogP contribution in [0.15, 0.2) is 103 Å². The van der Waals surface area contributed by atoms with Crippen LogP contribution in [0.4, 0.5) is 0 Å². The van der Waals surface area contributed by atoms with Crippen molar-refractivity contribution in [1.82, 2.24) is 0 Å². The Labute approximate surface area is 160 Å². The van der Waals surface area contributed by atoms with E-state index in [4.69, 9.17) is 0 Å². The van der Waals surface area contributed by atoms with E-state index in [1.165, 1.54) is 27.1 Å². The zero-order valence-electron chi connectivity index (χ0n) is 15.3. The molecule has 130 valence electrons. The fourth-order valence-corrected chi connectivity index (χ4v) is 5.69. The van der Waals surface area contributed by atoms with Gasteiger partial charge in [-0.15, -0.1) is 0 Å². The van der Waals surface area contributed by atoms with Gasteiger partial charge in [-0.2, -0.15) is 0 Å². The van der Waals surface area contributed by atoms with E-state index >= 15 is 0 Å². The van der Waals surface area contributed by atoms with Gasteiger partial charge in [0.15, 0.2) is 0 Å². The third-order valence-corrected chi connectivity index (χ3v) is 6.77. The summed E-state index contributed by atoms with van der Waals surface area (Å²) < 4.78 is 0. The summed E-state index contributed by atoms with van der Waals surface area (Å²) in [5.74, 6) is 1.14. The summed E-state index contributed by atoms with van der Waals surface area (Å²) in [7, 11) is 0. The molecule has 0 aliphatic heterocycles.